The monoisotopic (exact) mass is 356 g/mol. The van der Waals surface area contributed by atoms with Gasteiger partial charge in [-0.25, -0.2) is 0 Å². The Labute approximate surface area is 128 Å². The molecule has 0 aliphatic carbocycles. The molecule has 3 N–H and O–H groups in total. The smallest absolute Gasteiger partial charge is 0.265 e. The molecule has 0 saturated heterocycles. The molecule has 1 heterocycles. The largest absolute Gasteiger partial charge is 0.493 e. The Hall–Kier alpha value is -1.73. The molecule has 1 aromatic heterocycles. The summed E-state index contributed by atoms with van der Waals surface area (Å²) in [6.45, 7) is 0. The predicted octanol–water partition coefficient (Wildman–Crippen LogP) is 3.36. The Kier molecular flexibility index (Phi) is 4.51. The van der Waals surface area contributed by atoms with Crippen LogP contribution in [0.4, 0.5) is 11.4 Å². The number of ether oxygens (including phenoxy) is 2. The predicted molar refractivity (Wildman–Crippen MR) is 83.9 cm³/mol. The zero-order chi connectivity index (χ0) is 14.7. The van der Waals surface area contributed by atoms with E-state index in [1.54, 1.807) is 18.2 Å². The summed E-state index contributed by atoms with van der Waals surface area (Å²) in [5.74, 6) is 0.797. The lowest BCUT2D eigenvalue weighted by molar-refractivity contribution is 0.103. The van der Waals surface area contributed by atoms with Crippen LogP contribution in [0.3, 0.4) is 0 Å². The first-order chi connectivity index (χ1) is 9.55. The van der Waals surface area contributed by atoms with E-state index in [9.17, 15) is 4.79 Å². The van der Waals surface area contributed by atoms with Crippen LogP contribution in [0.25, 0.3) is 0 Å². The number of nitrogen functional groups attached to an aromatic ring is 1. The molecular weight excluding hydrogens is 344 g/mol. The van der Waals surface area contributed by atoms with Gasteiger partial charge in [0.05, 0.1) is 34.3 Å². The molecule has 0 aliphatic heterocycles. The van der Waals surface area contributed by atoms with E-state index in [1.807, 2.05) is 6.07 Å². The minimum atomic E-state index is -0.223. The highest BCUT2D eigenvalue weighted by Gasteiger charge is 2.14. The highest BCUT2D eigenvalue weighted by Crippen LogP contribution is 2.35. The number of amides is 1. The van der Waals surface area contributed by atoms with Crippen LogP contribution in [0, 0.1) is 0 Å². The third-order valence-electron chi connectivity index (χ3n) is 2.60. The summed E-state index contributed by atoms with van der Waals surface area (Å²) in [5, 5.41) is 2.76. The van der Waals surface area contributed by atoms with Gasteiger partial charge in [0.25, 0.3) is 5.91 Å². The number of methoxy groups -OCH3 is 2. The molecular formula is C13H13BrN2O3S. The van der Waals surface area contributed by atoms with Gasteiger partial charge in [-0.3, -0.25) is 4.79 Å². The van der Waals surface area contributed by atoms with E-state index < -0.39 is 0 Å². The summed E-state index contributed by atoms with van der Waals surface area (Å²) >= 11 is 4.67. The zero-order valence-electron chi connectivity index (χ0n) is 10.9. The molecule has 20 heavy (non-hydrogen) atoms. The van der Waals surface area contributed by atoms with Crippen molar-refractivity contribution < 1.29 is 14.3 Å². The van der Waals surface area contributed by atoms with Crippen molar-refractivity contribution >= 4 is 44.5 Å². The van der Waals surface area contributed by atoms with Gasteiger partial charge in [-0.05, 0) is 28.1 Å². The first-order valence-electron chi connectivity index (χ1n) is 5.63. The van der Waals surface area contributed by atoms with Gasteiger partial charge in [-0.2, -0.15) is 0 Å². The summed E-state index contributed by atoms with van der Waals surface area (Å²) in [5.41, 5.74) is 6.79. The van der Waals surface area contributed by atoms with E-state index in [1.165, 1.54) is 25.6 Å². The fraction of sp³-hybridized carbons (Fsp3) is 0.154. The minimum absolute atomic E-state index is 0.223. The maximum absolute atomic E-state index is 12.1. The van der Waals surface area contributed by atoms with Crippen LogP contribution in [0.2, 0.25) is 0 Å². The Morgan fingerprint density at radius 3 is 2.45 bits per heavy atom. The standard InChI is InChI=1S/C13H13BrN2O3S/c1-18-9-5-7(15)8(6-10(9)19-2)16-13(17)11-3-4-12(14)20-11/h3-6H,15H2,1-2H3,(H,16,17). The molecule has 0 saturated carbocycles. The number of hydrogen-bond acceptors (Lipinski definition) is 5. The summed E-state index contributed by atoms with van der Waals surface area (Å²) in [6, 6.07) is 6.80. The van der Waals surface area contributed by atoms with Crippen molar-refractivity contribution in [3.63, 3.8) is 0 Å². The summed E-state index contributed by atoms with van der Waals surface area (Å²) in [6.07, 6.45) is 0. The van der Waals surface area contributed by atoms with Gasteiger partial charge >= 0.3 is 0 Å². The van der Waals surface area contributed by atoms with Gasteiger partial charge in [0, 0.05) is 12.1 Å². The quantitative estimate of drug-likeness (QED) is 0.823. The van der Waals surface area contributed by atoms with Crippen LogP contribution in [0.15, 0.2) is 28.1 Å². The van der Waals surface area contributed by atoms with Crippen LogP contribution in [-0.2, 0) is 0 Å². The maximum atomic E-state index is 12.1. The highest BCUT2D eigenvalue weighted by atomic mass is 79.9. The Morgan fingerprint density at radius 1 is 1.25 bits per heavy atom. The first-order valence-corrected chi connectivity index (χ1v) is 7.24. The van der Waals surface area contributed by atoms with Crippen LogP contribution in [-0.4, -0.2) is 20.1 Å². The summed E-state index contributed by atoms with van der Waals surface area (Å²) < 4.78 is 11.2. The summed E-state index contributed by atoms with van der Waals surface area (Å²) in [7, 11) is 3.05. The number of carbonyl (C=O) groups excluding carboxylic acids is 1. The van der Waals surface area contributed by atoms with Crippen molar-refractivity contribution in [1.29, 1.82) is 0 Å². The van der Waals surface area contributed by atoms with E-state index in [4.69, 9.17) is 15.2 Å². The van der Waals surface area contributed by atoms with E-state index in [-0.39, 0.29) is 5.91 Å². The number of rotatable bonds is 4. The number of benzene rings is 1. The second-order valence-corrected chi connectivity index (χ2v) is 6.32. The Bertz CT molecular complexity index is 643. The van der Waals surface area contributed by atoms with E-state index in [0.29, 0.717) is 27.8 Å². The van der Waals surface area contributed by atoms with Gasteiger partial charge < -0.3 is 20.5 Å². The number of nitrogens with one attached hydrogen (secondary N) is 1. The molecule has 0 aliphatic rings. The molecule has 2 aromatic rings. The maximum Gasteiger partial charge on any atom is 0.265 e. The lowest BCUT2D eigenvalue weighted by Crippen LogP contribution is -2.12. The Balaban J connectivity index is 2.27. The van der Waals surface area contributed by atoms with Gasteiger partial charge in [-0.15, -0.1) is 11.3 Å². The fourth-order valence-corrected chi connectivity index (χ4v) is 2.90. The van der Waals surface area contributed by atoms with Crippen molar-refractivity contribution in [2.45, 2.75) is 0 Å². The molecule has 2 rings (SSSR count). The average molecular weight is 357 g/mol. The third-order valence-corrected chi connectivity index (χ3v) is 4.22. The number of hydrogen-bond donors (Lipinski definition) is 2. The van der Waals surface area contributed by atoms with Gasteiger partial charge in [-0.1, -0.05) is 0 Å². The van der Waals surface area contributed by atoms with E-state index in [2.05, 4.69) is 21.2 Å². The lowest BCUT2D eigenvalue weighted by atomic mass is 10.2. The van der Waals surface area contributed by atoms with Crippen molar-refractivity contribution in [1.82, 2.24) is 0 Å². The van der Waals surface area contributed by atoms with Gasteiger partial charge in [0.1, 0.15) is 0 Å². The second-order valence-electron chi connectivity index (χ2n) is 3.85. The molecule has 0 unspecified atom stereocenters. The van der Waals surface area contributed by atoms with Crippen LogP contribution in [0.5, 0.6) is 11.5 Å². The number of halogens is 1. The van der Waals surface area contributed by atoms with Crippen molar-refractivity contribution in [2.75, 3.05) is 25.3 Å². The average Bonchev–Trinajstić information content (AvgIpc) is 2.87. The number of anilines is 2. The first kappa shape index (κ1) is 14.7. The SMILES string of the molecule is COc1cc(N)c(NC(=O)c2ccc(Br)s2)cc1OC. The molecule has 0 atom stereocenters. The normalized spacial score (nSPS) is 10.2. The minimum Gasteiger partial charge on any atom is -0.493 e. The number of carbonyl (C=O) groups is 1. The van der Waals surface area contributed by atoms with Crippen molar-refractivity contribution in [3.8, 4) is 11.5 Å². The zero-order valence-corrected chi connectivity index (χ0v) is 13.3. The van der Waals surface area contributed by atoms with E-state index >= 15 is 0 Å². The lowest BCUT2D eigenvalue weighted by Gasteiger charge is -2.13. The topological polar surface area (TPSA) is 73.6 Å². The molecule has 0 spiro atoms. The molecule has 0 fully saturated rings. The van der Waals surface area contributed by atoms with Crippen molar-refractivity contribution in [2.24, 2.45) is 0 Å². The number of nitrogens with two attached hydrogens (primary N) is 1. The highest BCUT2D eigenvalue weighted by molar-refractivity contribution is 9.11. The van der Waals surface area contributed by atoms with Gasteiger partial charge in [0.15, 0.2) is 11.5 Å². The summed E-state index contributed by atoms with van der Waals surface area (Å²) in [4.78, 5) is 12.7. The molecule has 7 heteroatoms. The van der Waals surface area contributed by atoms with Crippen molar-refractivity contribution in [3.05, 3.63) is 32.9 Å². The molecule has 1 aromatic carbocycles. The number of thiophene rings is 1. The molecule has 0 bridgehead atoms. The Morgan fingerprint density at radius 2 is 1.90 bits per heavy atom. The third kappa shape index (κ3) is 3.05. The second kappa shape index (κ2) is 6.15. The van der Waals surface area contributed by atoms with Crippen LogP contribution >= 0.6 is 27.3 Å². The molecule has 0 radical (unpaired) electrons. The molecule has 106 valence electrons. The van der Waals surface area contributed by atoms with Crippen LogP contribution < -0.4 is 20.5 Å². The van der Waals surface area contributed by atoms with E-state index in [0.717, 1.165) is 3.79 Å². The van der Waals surface area contributed by atoms with Crippen LogP contribution in [0.1, 0.15) is 9.67 Å². The molecule has 1 amide bonds. The van der Waals surface area contributed by atoms with Gasteiger partial charge in [0.2, 0.25) is 0 Å². The molecule has 5 nitrogen and oxygen atoms in total. The fourth-order valence-electron chi connectivity index (χ4n) is 1.62.